The number of nitrogens with one attached hydrogen (secondary N) is 1. The lowest BCUT2D eigenvalue weighted by Gasteiger charge is -2.41. The van der Waals surface area contributed by atoms with E-state index < -0.39 is 23.7 Å². The number of fused-ring (bicyclic) bond motifs is 1. The van der Waals surface area contributed by atoms with Crippen molar-refractivity contribution in [3.63, 3.8) is 0 Å². The molecule has 0 bridgehead atoms. The first-order chi connectivity index (χ1) is 19.0. The number of alkyl halides is 5. The van der Waals surface area contributed by atoms with Crippen molar-refractivity contribution in [1.29, 1.82) is 0 Å². The molecule has 2 saturated heterocycles. The molecule has 40 heavy (non-hydrogen) atoms. The highest BCUT2D eigenvalue weighted by Crippen LogP contribution is 2.40. The van der Waals surface area contributed by atoms with Crippen LogP contribution in [0.15, 0.2) is 36.7 Å². The molecule has 3 aromatic heterocycles. The lowest BCUT2D eigenvalue weighted by Crippen LogP contribution is -2.49. The van der Waals surface area contributed by atoms with E-state index in [2.05, 4.69) is 25.4 Å². The number of aryl methyl sites for hydroxylation is 1. The van der Waals surface area contributed by atoms with Crippen molar-refractivity contribution in [3.8, 4) is 11.3 Å². The average Bonchev–Trinajstić information content (AvgIpc) is 3.49. The Kier molecular flexibility index (Phi) is 6.41. The Labute approximate surface area is 226 Å². The van der Waals surface area contributed by atoms with Crippen LogP contribution in [-0.2, 0) is 36.3 Å². The second-order valence-corrected chi connectivity index (χ2v) is 11.0. The largest absolute Gasteiger partial charge is 0.433 e. The molecule has 1 aromatic carbocycles. The molecule has 0 amide bonds. The monoisotopic (exact) mass is 561 g/mol. The normalized spacial score (nSPS) is 21.0. The van der Waals surface area contributed by atoms with Gasteiger partial charge in [-0.2, -0.15) is 18.3 Å². The molecular weight excluding hydrogens is 533 g/mol. The van der Waals surface area contributed by atoms with Gasteiger partial charge < -0.3 is 9.30 Å². The van der Waals surface area contributed by atoms with Gasteiger partial charge in [-0.25, -0.2) is 13.8 Å². The maximum atomic E-state index is 14.0. The van der Waals surface area contributed by atoms with Crippen LogP contribution < -0.4 is 0 Å². The Bertz CT molecular complexity index is 1540. The predicted molar refractivity (Wildman–Crippen MR) is 136 cm³/mol. The van der Waals surface area contributed by atoms with Crippen molar-refractivity contribution in [3.05, 3.63) is 59.4 Å². The van der Waals surface area contributed by atoms with E-state index >= 15 is 0 Å². The van der Waals surface area contributed by atoms with Crippen LogP contribution in [0.3, 0.4) is 0 Å². The van der Waals surface area contributed by atoms with Gasteiger partial charge in [0.25, 0.3) is 5.92 Å². The topological polar surface area (TPSA) is 84.8 Å². The van der Waals surface area contributed by atoms with Gasteiger partial charge >= 0.3 is 6.18 Å². The molecular formula is C27H28F5N7O. The SMILES string of the molecule is CC1CN(Cc2nc(C(F)(F)F)cc3c(-c4cccc(C5(Cc6nncn6C)COC5)c4)n[nH]c23)CCC1(F)F. The van der Waals surface area contributed by atoms with Crippen molar-refractivity contribution < 1.29 is 26.7 Å². The number of hydrogen-bond acceptors (Lipinski definition) is 6. The second-order valence-electron chi connectivity index (χ2n) is 11.0. The van der Waals surface area contributed by atoms with Gasteiger partial charge in [0.15, 0.2) is 0 Å². The summed E-state index contributed by atoms with van der Waals surface area (Å²) in [5.74, 6) is -2.91. The van der Waals surface area contributed by atoms with E-state index in [4.69, 9.17) is 4.74 Å². The van der Waals surface area contributed by atoms with Gasteiger partial charge in [-0.05, 0) is 17.7 Å². The number of halogens is 5. The zero-order valence-corrected chi connectivity index (χ0v) is 22.0. The first-order valence-electron chi connectivity index (χ1n) is 13.0. The van der Waals surface area contributed by atoms with Crippen LogP contribution in [0, 0.1) is 5.92 Å². The Morgan fingerprint density at radius 3 is 2.62 bits per heavy atom. The van der Waals surface area contributed by atoms with E-state index in [1.807, 2.05) is 29.8 Å². The van der Waals surface area contributed by atoms with Gasteiger partial charge in [-0.3, -0.25) is 10.00 Å². The molecule has 6 rings (SSSR count). The van der Waals surface area contributed by atoms with Crippen LogP contribution in [0.2, 0.25) is 0 Å². The molecule has 0 spiro atoms. The molecule has 0 saturated carbocycles. The molecule has 0 aliphatic carbocycles. The summed E-state index contributed by atoms with van der Waals surface area (Å²) in [6, 6.07) is 8.55. The number of hydrogen-bond donors (Lipinski definition) is 1. The highest BCUT2D eigenvalue weighted by Gasteiger charge is 2.43. The minimum Gasteiger partial charge on any atom is -0.379 e. The first-order valence-corrected chi connectivity index (χ1v) is 13.0. The molecule has 212 valence electrons. The van der Waals surface area contributed by atoms with Crippen molar-refractivity contribution in [2.24, 2.45) is 13.0 Å². The van der Waals surface area contributed by atoms with Crippen LogP contribution in [0.5, 0.6) is 0 Å². The molecule has 0 radical (unpaired) electrons. The van der Waals surface area contributed by atoms with Crippen molar-refractivity contribution in [1.82, 2.24) is 34.8 Å². The van der Waals surface area contributed by atoms with Gasteiger partial charge in [0.05, 0.1) is 24.4 Å². The molecule has 13 heteroatoms. The molecule has 1 unspecified atom stereocenters. The van der Waals surface area contributed by atoms with Gasteiger partial charge in [-0.15, -0.1) is 10.2 Å². The number of aromatic amines is 1. The van der Waals surface area contributed by atoms with E-state index in [9.17, 15) is 22.0 Å². The Balaban J connectivity index is 1.38. The molecule has 8 nitrogen and oxygen atoms in total. The summed E-state index contributed by atoms with van der Waals surface area (Å²) in [7, 11) is 1.87. The van der Waals surface area contributed by atoms with Crippen LogP contribution in [0.4, 0.5) is 22.0 Å². The highest BCUT2D eigenvalue weighted by atomic mass is 19.4. The number of benzene rings is 1. The third-order valence-electron chi connectivity index (χ3n) is 8.11. The van der Waals surface area contributed by atoms with Crippen molar-refractivity contribution in [2.75, 3.05) is 26.3 Å². The fourth-order valence-corrected chi connectivity index (χ4v) is 5.57. The molecule has 5 heterocycles. The van der Waals surface area contributed by atoms with Crippen LogP contribution in [-0.4, -0.2) is 67.1 Å². The lowest BCUT2D eigenvalue weighted by atomic mass is 9.75. The van der Waals surface area contributed by atoms with E-state index in [0.29, 0.717) is 36.4 Å². The Morgan fingerprint density at radius 2 is 1.98 bits per heavy atom. The van der Waals surface area contributed by atoms with E-state index in [-0.39, 0.29) is 42.6 Å². The molecule has 1 atom stereocenters. The predicted octanol–water partition coefficient (Wildman–Crippen LogP) is 4.76. The van der Waals surface area contributed by atoms with Gasteiger partial charge in [0, 0.05) is 61.8 Å². The number of ether oxygens (including phenoxy) is 1. The number of pyridine rings is 1. The van der Waals surface area contributed by atoms with Crippen LogP contribution in [0.1, 0.15) is 36.1 Å². The summed E-state index contributed by atoms with van der Waals surface area (Å²) >= 11 is 0. The fourth-order valence-electron chi connectivity index (χ4n) is 5.57. The molecule has 2 aliphatic rings. The van der Waals surface area contributed by atoms with Crippen molar-refractivity contribution >= 4 is 10.9 Å². The van der Waals surface area contributed by atoms with E-state index in [1.165, 1.54) is 6.92 Å². The molecule has 4 aromatic rings. The summed E-state index contributed by atoms with van der Waals surface area (Å²) < 4.78 is 77.3. The van der Waals surface area contributed by atoms with Gasteiger partial charge in [0.1, 0.15) is 23.5 Å². The number of nitrogens with zero attached hydrogens (tertiary/aromatic N) is 6. The third-order valence-corrected chi connectivity index (χ3v) is 8.11. The Hall–Kier alpha value is -3.45. The quantitative estimate of drug-likeness (QED) is 0.342. The summed E-state index contributed by atoms with van der Waals surface area (Å²) in [6.07, 6.45) is -2.81. The highest BCUT2D eigenvalue weighted by molar-refractivity contribution is 5.94. The molecule has 2 aliphatic heterocycles. The van der Waals surface area contributed by atoms with Gasteiger partial charge in [-0.1, -0.05) is 25.1 Å². The Morgan fingerprint density at radius 1 is 1.18 bits per heavy atom. The zero-order valence-electron chi connectivity index (χ0n) is 22.0. The number of aromatic nitrogens is 6. The minimum absolute atomic E-state index is 0.000658. The van der Waals surface area contributed by atoms with E-state index in [0.717, 1.165) is 17.5 Å². The lowest BCUT2D eigenvalue weighted by molar-refractivity contribution is -0.141. The summed E-state index contributed by atoms with van der Waals surface area (Å²) in [5.41, 5.74) is 1.06. The third kappa shape index (κ3) is 4.74. The van der Waals surface area contributed by atoms with Crippen LogP contribution >= 0.6 is 0 Å². The maximum Gasteiger partial charge on any atom is 0.433 e. The summed E-state index contributed by atoms with van der Waals surface area (Å²) in [4.78, 5) is 5.63. The summed E-state index contributed by atoms with van der Waals surface area (Å²) in [6.45, 7) is 2.53. The number of H-pyrrole nitrogens is 1. The fraction of sp³-hybridized carbons (Fsp3) is 0.481. The average molecular weight is 562 g/mol. The zero-order chi connectivity index (χ0) is 28.3. The van der Waals surface area contributed by atoms with Gasteiger partial charge in [0.2, 0.25) is 0 Å². The smallest absolute Gasteiger partial charge is 0.379 e. The molecule has 2 fully saturated rings. The van der Waals surface area contributed by atoms with Crippen LogP contribution in [0.25, 0.3) is 22.2 Å². The standard InChI is InChI=1S/C27H28F5N7O/c1-16-11-39(7-6-26(16,28)29)12-20-24-19(9-21(34-20)27(30,31)32)23(36-37-24)17-4-3-5-18(8-17)25(13-40-14-25)10-22-35-33-15-38(22)2/h3-5,8-9,15-16H,6-7,10-14H2,1-2H3,(H,36,37). The number of rotatable bonds is 6. The summed E-state index contributed by atoms with van der Waals surface area (Å²) in [5, 5.41) is 15.7. The van der Waals surface area contributed by atoms with E-state index in [1.54, 1.807) is 17.3 Å². The maximum absolute atomic E-state index is 14.0. The number of piperidine rings is 1. The minimum atomic E-state index is -4.69. The molecule has 1 N–H and O–H groups in total. The number of likely N-dealkylation sites (tertiary alicyclic amines) is 1. The second kappa shape index (κ2) is 9.58. The van der Waals surface area contributed by atoms with Crippen molar-refractivity contribution in [2.45, 2.75) is 43.8 Å². The first kappa shape index (κ1) is 26.8.